The Morgan fingerprint density at radius 2 is 2.18 bits per heavy atom. The maximum absolute atomic E-state index is 4.67. The largest absolute Gasteiger partial charge is 0.312 e. The van der Waals surface area contributed by atoms with Crippen LogP contribution in [-0.2, 0) is 0 Å². The molecule has 0 aliphatic heterocycles. The van der Waals surface area contributed by atoms with E-state index >= 15 is 0 Å². The first-order valence-corrected chi connectivity index (χ1v) is 7.18. The van der Waals surface area contributed by atoms with Crippen molar-refractivity contribution in [1.82, 2.24) is 10.3 Å². The van der Waals surface area contributed by atoms with E-state index in [1.807, 2.05) is 7.05 Å². The molecule has 0 radical (unpaired) electrons. The Morgan fingerprint density at radius 1 is 1.41 bits per heavy atom. The fourth-order valence-electron chi connectivity index (χ4n) is 1.55. The number of hydrogen-bond donors (Lipinski definition) is 1. The van der Waals surface area contributed by atoms with Crippen LogP contribution in [0.4, 0.5) is 0 Å². The zero-order valence-corrected chi connectivity index (χ0v) is 12.5. The molecule has 0 fully saturated rings. The minimum Gasteiger partial charge on any atom is -0.312 e. The summed E-state index contributed by atoms with van der Waals surface area (Å²) < 4.78 is 1.11. The van der Waals surface area contributed by atoms with Crippen LogP contribution < -0.4 is 5.32 Å². The predicted octanol–water partition coefficient (Wildman–Crippen LogP) is 4.16. The van der Waals surface area contributed by atoms with Gasteiger partial charge in [-0.3, -0.25) is 0 Å². The van der Waals surface area contributed by atoms with Crippen LogP contribution in [0, 0.1) is 6.92 Å². The van der Waals surface area contributed by atoms with E-state index in [2.05, 4.69) is 63.7 Å². The smallest absolute Gasteiger partial charge is 0.124 e. The first-order chi connectivity index (χ1) is 8.11. The summed E-state index contributed by atoms with van der Waals surface area (Å²) in [7, 11) is 1.95. The molecule has 2 nitrogen and oxygen atoms in total. The second-order valence-electron chi connectivity index (χ2n) is 4.07. The molecule has 1 aromatic carbocycles. The molecule has 0 saturated heterocycles. The monoisotopic (exact) mass is 310 g/mol. The lowest BCUT2D eigenvalue weighted by Crippen LogP contribution is -2.12. The van der Waals surface area contributed by atoms with E-state index < -0.39 is 0 Å². The highest BCUT2D eigenvalue weighted by Crippen LogP contribution is 2.32. The molecule has 1 unspecified atom stereocenters. The number of thiazole rings is 1. The highest BCUT2D eigenvalue weighted by molar-refractivity contribution is 9.10. The van der Waals surface area contributed by atoms with Crippen LogP contribution in [0.2, 0.25) is 0 Å². The highest BCUT2D eigenvalue weighted by atomic mass is 79.9. The summed E-state index contributed by atoms with van der Waals surface area (Å²) in [6.45, 7) is 4.20. The zero-order chi connectivity index (χ0) is 12.4. The Hall–Kier alpha value is -0.710. The average Bonchev–Trinajstić information content (AvgIpc) is 2.77. The third-order valence-electron chi connectivity index (χ3n) is 2.75. The molecule has 0 aliphatic carbocycles. The Balaban J connectivity index is 2.37. The molecule has 17 heavy (non-hydrogen) atoms. The molecule has 0 aliphatic rings. The highest BCUT2D eigenvalue weighted by Gasteiger charge is 2.11. The van der Waals surface area contributed by atoms with Crippen molar-refractivity contribution >= 4 is 27.3 Å². The number of benzene rings is 1. The van der Waals surface area contributed by atoms with Crippen molar-refractivity contribution in [3.63, 3.8) is 0 Å². The molecular formula is C13H15BrN2S. The van der Waals surface area contributed by atoms with Gasteiger partial charge in [-0.25, -0.2) is 4.98 Å². The first-order valence-electron chi connectivity index (χ1n) is 5.51. The van der Waals surface area contributed by atoms with E-state index in [1.165, 1.54) is 5.56 Å². The Labute approximate surface area is 114 Å². The fraction of sp³-hybridized carbons (Fsp3) is 0.308. The van der Waals surface area contributed by atoms with Gasteiger partial charge in [0.25, 0.3) is 0 Å². The summed E-state index contributed by atoms with van der Waals surface area (Å²) in [5.74, 6) is 0. The zero-order valence-electron chi connectivity index (χ0n) is 10.1. The summed E-state index contributed by atoms with van der Waals surface area (Å²) in [5, 5.41) is 6.38. The summed E-state index contributed by atoms with van der Waals surface area (Å²) >= 11 is 5.28. The Kier molecular flexibility index (Phi) is 3.97. The van der Waals surface area contributed by atoms with E-state index in [9.17, 15) is 0 Å². The van der Waals surface area contributed by atoms with E-state index in [1.54, 1.807) is 11.3 Å². The number of aryl methyl sites for hydroxylation is 1. The van der Waals surface area contributed by atoms with Gasteiger partial charge in [0.2, 0.25) is 0 Å². The van der Waals surface area contributed by atoms with Gasteiger partial charge in [0, 0.05) is 21.5 Å². The van der Waals surface area contributed by atoms with Crippen molar-refractivity contribution < 1.29 is 0 Å². The minimum absolute atomic E-state index is 0.296. The van der Waals surface area contributed by atoms with Gasteiger partial charge in [0.15, 0.2) is 0 Å². The maximum atomic E-state index is 4.67. The van der Waals surface area contributed by atoms with Gasteiger partial charge in [-0.2, -0.15) is 0 Å². The number of rotatable bonds is 3. The van der Waals surface area contributed by atoms with Gasteiger partial charge in [-0.05, 0) is 32.5 Å². The van der Waals surface area contributed by atoms with Crippen LogP contribution in [0.25, 0.3) is 10.6 Å². The maximum Gasteiger partial charge on any atom is 0.124 e. The second-order valence-corrected chi connectivity index (χ2v) is 5.78. The topological polar surface area (TPSA) is 24.9 Å². The number of nitrogens with one attached hydrogen (secondary N) is 1. The van der Waals surface area contributed by atoms with Crippen molar-refractivity contribution in [2.45, 2.75) is 19.9 Å². The van der Waals surface area contributed by atoms with Gasteiger partial charge in [0.1, 0.15) is 5.01 Å². The van der Waals surface area contributed by atoms with Crippen molar-refractivity contribution in [2.24, 2.45) is 0 Å². The molecule has 1 heterocycles. The van der Waals surface area contributed by atoms with Crippen molar-refractivity contribution in [3.8, 4) is 10.6 Å². The lowest BCUT2D eigenvalue weighted by molar-refractivity contribution is 0.637. The van der Waals surface area contributed by atoms with E-state index in [0.717, 1.165) is 20.7 Å². The molecular weight excluding hydrogens is 296 g/mol. The third kappa shape index (κ3) is 2.76. The van der Waals surface area contributed by atoms with Gasteiger partial charge >= 0.3 is 0 Å². The van der Waals surface area contributed by atoms with E-state index in [0.29, 0.717) is 6.04 Å². The quantitative estimate of drug-likeness (QED) is 0.920. The normalized spacial score (nSPS) is 12.7. The summed E-state index contributed by atoms with van der Waals surface area (Å²) in [6, 6.07) is 6.65. The van der Waals surface area contributed by atoms with Crippen LogP contribution in [0.15, 0.2) is 28.1 Å². The summed E-state index contributed by atoms with van der Waals surface area (Å²) in [5.41, 5.74) is 3.51. The molecule has 90 valence electrons. The number of halogens is 1. The van der Waals surface area contributed by atoms with Gasteiger partial charge in [0.05, 0.1) is 5.69 Å². The van der Waals surface area contributed by atoms with E-state index in [4.69, 9.17) is 0 Å². The van der Waals surface area contributed by atoms with Crippen molar-refractivity contribution in [3.05, 3.63) is 39.3 Å². The standard InChI is InChI=1S/C13H15BrN2S/c1-8-4-5-10(11(14)6-8)13-16-12(7-17-13)9(2)15-3/h4-7,9,15H,1-3H3. The number of nitrogens with zero attached hydrogens (tertiary/aromatic N) is 1. The predicted molar refractivity (Wildman–Crippen MR) is 77.5 cm³/mol. The average molecular weight is 311 g/mol. The SMILES string of the molecule is CNC(C)c1csc(-c2ccc(C)cc2Br)n1. The third-order valence-corrected chi connectivity index (χ3v) is 4.30. The molecule has 2 rings (SSSR count). The molecule has 4 heteroatoms. The van der Waals surface area contributed by atoms with Crippen LogP contribution in [0.1, 0.15) is 24.2 Å². The molecule has 1 N–H and O–H groups in total. The minimum atomic E-state index is 0.296. The lowest BCUT2D eigenvalue weighted by Gasteiger charge is -2.05. The molecule has 0 spiro atoms. The molecule has 0 bridgehead atoms. The molecule has 0 saturated carbocycles. The van der Waals surface area contributed by atoms with Crippen LogP contribution in [0.3, 0.4) is 0 Å². The second kappa shape index (κ2) is 5.29. The summed E-state index contributed by atoms with van der Waals surface area (Å²) in [6.07, 6.45) is 0. The summed E-state index contributed by atoms with van der Waals surface area (Å²) in [4.78, 5) is 4.67. The fourth-order valence-corrected chi connectivity index (χ4v) is 3.31. The van der Waals surface area contributed by atoms with Crippen LogP contribution in [-0.4, -0.2) is 12.0 Å². The van der Waals surface area contributed by atoms with Gasteiger partial charge < -0.3 is 5.32 Å². The number of hydrogen-bond acceptors (Lipinski definition) is 3. The van der Waals surface area contributed by atoms with Gasteiger partial charge in [-0.15, -0.1) is 11.3 Å². The molecule has 1 atom stereocenters. The van der Waals surface area contributed by atoms with Crippen LogP contribution in [0.5, 0.6) is 0 Å². The van der Waals surface area contributed by atoms with Crippen molar-refractivity contribution in [1.29, 1.82) is 0 Å². The van der Waals surface area contributed by atoms with Gasteiger partial charge in [-0.1, -0.05) is 28.1 Å². The molecule has 0 amide bonds. The Morgan fingerprint density at radius 3 is 2.82 bits per heavy atom. The van der Waals surface area contributed by atoms with Crippen molar-refractivity contribution in [2.75, 3.05) is 7.05 Å². The first kappa shape index (κ1) is 12.7. The number of aromatic nitrogens is 1. The molecule has 1 aromatic heterocycles. The lowest BCUT2D eigenvalue weighted by atomic mass is 10.1. The molecule has 2 aromatic rings. The van der Waals surface area contributed by atoms with Crippen LogP contribution >= 0.6 is 27.3 Å². The Bertz CT molecular complexity index is 522. The van der Waals surface area contributed by atoms with E-state index in [-0.39, 0.29) is 0 Å².